The van der Waals surface area contributed by atoms with E-state index in [1.165, 1.54) is 25.7 Å². The van der Waals surface area contributed by atoms with E-state index in [0.717, 1.165) is 25.9 Å². The smallest absolute Gasteiger partial charge is 1.00 e. The molecule has 0 aromatic heterocycles. The van der Waals surface area contributed by atoms with Crippen LogP contribution in [0.15, 0.2) is 0 Å². The number of hydrogen-bond acceptors (Lipinski definition) is 2. The molecule has 7 heteroatoms. The Balaban J connectivity index is -0.000000188. The average molecular weight is 318 g/mol. The second kappa shape index (κ2) is 18.6. The summed E-state index contributed by atoms with van der Waals surface area (Å²) in [6.45, 7) is 6.09. The maximum atomic E-state index is 11.1. The van der Waals surface area contributed by atoms with E-state index in [0.29, 0.717) is 0 Å². The molecule has 0 aliphatic carbocycles. The molecule has 0 aliphatic heterocycles. The second-order valence-electron chi connectivity index (χ2n) is 4.02. The van der Waals surface area contributed by atoms with Crippen LogP contribution < -0.4 is 35.3 Å². The minimum atomic E-state index is -0.639. The standard InChI is InChI=1S/C11H23NOS.CH3NOS.Na.H/c1-3-5-7-9-12(11(13)14)10-8-6-4-2;2-1(3)4;;/h3-10H2,1-2H3,(H,13,14);(H3,2,3,4);;/q;;+1;-1. The summed E-state index contributed by atoms with van der Waals surface area (Å²) in [6, 6.07) is 0. The van der Waals surface area contributed by atoms with Crippen LogP contribution in [0.25, 0.3) is 0 Å². The van der Waals surface area contributed by atoms with E-state index >= 15 is 0 Å². The normalized spacial score (nSPS) is 8.84. The van der Waals surface area contributed by atoms with Gasteiger partial charge in [0.15, 0.2) is 0 Å². The third kappa shape index (κ3) is 24.1. The van der Waals surface area contributed by atoms with Crippen LogP contribution >= 0.6 is 25.3 Å². The van der Waals surface area contributed by atoms with E-state index in [4.69, 9.17) is 4.79 Å². The summed E-state index contributed by atoms with van der Waals surface area (Å²) < 4.78 is 0. The van der Waals surface area contributed by atoms with Crippen LogP contribution in [-0.4, -0.2) is 28.5 Å². The number of hydrogen-bond donors (Lipinski definition) is 3. The van der Waals surface area contributed by atoms with Gasteiger partial charge in [-0.05, 0) is 12.8 Å². The van der Waals surface area contributed by atoms with E-state index in [1.807, 2.05) is 4.90 Å². The van der Waals surface area contributed by atoms with E-state index in [9.17, 15) is 4.79 Å². The summed E-state index contributed by atoms with van der Waals surface area (Å²) >= 11 is 6.99. The molecular weight excluding hydrogens is 291 g/mol. The van der Waals surface area contributed by atoms with E-state index in [2.05, 4.69) is 44.8 Å². The molecule has 4 nitrogen and oxygen atoms in total. The zero-order valence-electron chi connectivity index (χ0n) is 13.4. The van der Waals surface area contributed by atoms with Gasteiger partial charge in [0.05, 0.1) is 0 Å². The first kappa shape index (κ1) is 24.6. The molecule has 0 fully saturated rings. The maximum absolute atomic E-state index is 11.1. The summed E-state index contributed by atoms with van der Waals surface area (Å²) in [5.41, 5.74) is 4.34. The fraction of sp³-hybridized carbons (Fsp3) is 0.833. The van der Waals surface area contributed by atoms with Crippen LogP contribution in [0.2, 0.25) is 0 Å². The SMILES string of the molecule is CCCCCN(CCCCC)C(=O)S.NC(=O)S.[H-].[Na+]. The van der Waals surface area contributed by atoms with Crippen LogP contribution in [0.1, 0.15) is 53.8 Å². The van der Waals surface area contributed by atoms with Crippen molar-refractivity contribution in [2.75, 3.05) is 13.1 Å². The van der Waals surface area contributed by atoms with Crippen LogP contribution in [0.4, 0.5) is 9.59 Å². The van der Waals surface area contributed by atoms with Crippen molar-refractivity contribution in [3.8, 4) is 0 Å². The van der Waals surface area contributed by atoms with Gasteiger partial charge in [0.25, 0.3) is 10.5 Å². The third-order valence-electron chi connectivity index (χ3n) is 2.33. The Morgan fingerprint density at radius 2 is 1.32 bits per heavy atom. The molecule has 0 saturated carbocycles. The predicted molar refractivity (Wildman–Crippen MR) is 84.7 cm³/mol. The fourth-order valence-electron chi connectivity index (χ4n) is 1.41. The molecule has 0 radical (unpaired) electrons. The molecule has 0 bridgehead atoms. The van der Waals surface area contributed by atoms with Gasteiger partial charge < -0.3 is 12.1 Å². The van der Waals surface area contributed by atoms with Crippen molar-refractivity contribution >= 4 is 35.7 Å². The Morgan fingerprint density at radius 1 is 1.00 bits per heavy atom. The number of nitrogens with zero attached hydrogens (tertiary/aromatic N) is 1. The largest absolute Gasteiger partial charge is 1.00 e. The number of amides is 2. The van der Waals surface area contributed by atoms with Gasteiger partial charge in [-0.15, -0.1) is 0 Å². The summed E-state index contributed by atoms with van der Waals surface area (Å²) in [7, 11) is 0. The van der Waals surface area contributed by atoms with Crippen LogP contribution in [0.5, 0.6) is 0 Å². The summed E-state index contributed by atoms with van der Waals surface area (Å²) in [5, 5.41) is -0.711. The Bertz CT molecular complexity index is 224. The van der Waals surface area contributed by atoms with Gasteiger partial charge in [-0.2, -0.15) is 0 Å². The number of nitrogens with two attached hydrogens (primary N) is 1. The van der Waals surface area contributed by atoms with Crippen LogP contribution in [-0.2, 0) is 0 Å². The number of rotatable bonds is 8. The molecule has 0 saturated heterocycles. The van der Waals surface area contributed by atoms with Gasteiger partial charge in [0.2, 0.25) is 0 Å². The van der Waals surface area contributed by atoms with Crippen molar-refractivity contribution in [2.45, 2.75) is 52.4 Å². The summed E-state index contributed by atoms with van der Waals surface area (Å²) in [5.74, 6) is 0. The minimum Gasteiger partial charge on any atom is -1.00 e. The Kier molecular flexibility index (Phi) is 24.2. The number of carbonyl (C=O) groups is 2. The quantitative estimate of drug-likeness (QED) is 0.353. The van der Waals surface area contributed by atoms with Crippen molar-refractivity contribution in [3.63, 3.8) is 0 Å². The van der Waals surface area contributed by atoms with Crippen molar-refractivity contribution in [1.82, 2.24) is 4.90 Å². The Morgan fingerprint density at radius 3 is 1.53 bits per heavy atom. The Hall–Kier alpha value is 0.640. The van der Waals surface area contributed by atoms with E-state index in [1.54, 1.807) is 0 Å². The molecule has 0 atom stereocenters. The van der Waals surface area contributed by atoms with Crippen molar-refractivity contribution in [1.29, 1.82) is 0 Å². The van der Waals surface area contributed by atoms with Crippen LogP contribution in [0.3, 0.4) is 0 Å². The summed E-state index contributed by atoms with van der Waals surface area (Å²) in [6.07, 6.45) is 7.01. The molecule has 19 heavy (non-hydrogen) atoms. The summed E-state index contributed by atoms with van der Waals surface area (Å²) in [4.78, 5) is 22.1. The van der Waals surface area contributed by atoms with Gasteiger partial charge in [-0.3, -0.25) is 9.59 Å². The molecular formula is C12H27N2NaO2S2. The van der Waals surface area contributed by atoms with Gasteiger partial charge >= 0.3 is 29.6 Å². The zero-order chi connectivity index (χ0) is 14.4. The number of thiol groups is 2. The second-order valence-corrected chi connectivity index (χ2v) is 4.85. The van der Waals surface area contributed by atoms with E-state index in [-0.39, 0.29) is 36.2 Å². The molecule has 0 aromatic carbocycles. The average Bonchev–Trinajstić information content (AvgIpc) is 2.26. The monoisotopic (exact) mass is 318 g/mol. The van der Waals surface area contributed by atoms with Gasteiger partial charge in [-0.1, -0.05) is 64.8 Å². The topological polar surface area (TPSA) is 63.4 Å². The zero-order valence-corrected chi connectivity index (χ0v) is 16.2. The van der Waals surface area contributed by atoms with Crippen molar-refractivity contribution < 1.29 is 40.6 Å². The number of carbonyl (C=O) groups excluding carboxylic acids is 2. The van der Waals surface area contributed by atoms with Crippen molar-refractivity contribution in [3.05, 3.63) is 0 Å². The molecule has 0 aliphatic rings. The molecule has 0 heterocycles. The molecule has 2 N–H and O–H groups in total. The van der Waals surface area contributed by atoms with Gasteiger partial charge in [0.1, 0.15) is 0 Å². The van der Waals surface area contributed by atoms with Gasteiger partial charge in [-0.25, -0.2) is 0 Å². The first-order valence-electron chi connectivity index (χ1n) is 6.41. The predicted octanol–water partition coefficient (Wildman–Crippen LogP) is 0.830. The van der Waals surface area contributed by atoms with E-state index < -0.39 is 5.24 Å². The number of primary amides is 1. The Labute approximate surface area is 151 Å². The molecule has 2 amide bonds. The molecule has 0 rings (SSSR count). The van der Waals surface area contributed by atoms with Crippen LogP contribution in [0, 0.1) is 0 Å². The first-order chi connectivity index (χ1) is 8.45. The number of unbranched alkanes of at least 4 members (excludes halogenated alkanes) is 4. The molecule has 0 unspecified atom stereocenters. The first-order valence-corrected chi connectivity index (χ1v) is 7.31. The minimum absolute atomic E-state index is 0. The maximum Gasteiger partial charge on any atom is 1.00 e. The molecule has 0 spiro atoms. The third-order valence-corrected chi connectivity index (χ3v) is 2.62. The van der Waals surface area contributed by atoms with Crippen molar-refractivity contribution in [2.24, 2.45) is 5.73 Å². The van der Waals surface area contributed by atoms with Gasteiger partial charge in [0, 0.05) is 13.1 Å². The fourth-order valence-corrected chi connectivity index (χ4v) is 1.61. The molecule has 0 aromatic rings. The molecule has 110 valence electrons.